The maximum atomic E-state index is 2.72. The lowest BCUT2D eigenvalue weighted by Crippen LogP contribution is -2.12. The van der Waals surface area contributed by atoms with E-state index in [9.17, 15) is 0 Å². The summed E-state index contributed by atoms with van der Waals surface area (Å²) in [5.74, 6) is 0. The summed E-state index contributed by atoms with van der Waals surface area (Å²) in [6, 6.07) is 63.5. The fourth-order valence-electron chi connectivity index (χ4n) is 12.9. The van der Waals surface area contributed by atoms with Crippen molar-refractivity contribution in [3.63, 3.8) is 0 Å². The zero-order valence-electron chi connectivity index (χ0n) is 41.1. The van der Waals surface area contributed by atoms with E-state index < -0.39 is 0 Å². The molecule has 0 saturated heterocycles. The first-order valence-electron chi connectivity index (χ1n) is 25.6. The van der Waals surface area contributed by atoms with Gasteiger partial charge < -0.3 is 4.48 Å². The minimum Gasteiger partial charge on any atom is -0.389 e. The van der Waals surface area contributed by atoms with Crippen LogP contribution in [0, 0.1) is 0 Å². The molecule has 8 aromatic carbocycles. The Balaban J connectivity index is 1.22. The molecular weight excluding hydrogens is 830 g/mol. The summed E-state index contributed by atoms with van der Waals surface area (Å²) in [6.45, 7) is 14.0. The van der Waals surface area contributed by atoms with Gasteiger partial charge in [-0.15, -0.1) is 0 Å². The van der Waals surface area contributed by atoms with Crippen LogP contribution in [-0.2, 0) is 30.1 Å². The average molecular weight is 889 g/mol. The lowest BCUT2D eigenvalue weighted by molar-refractivity contribution is 0.590. The van der Waals surface area contributed by atoms with E-state index in [1.54, 1.807) is 0 Å². The third-order valence-electron chi connectivity index (χ3n) is 16.2. The van der Waals surface area contributed by atoms with Crippen LogP contribution in [0.25, 0.3) is 71.4 Å². The van der Waals surface area contributed by atoms with Crippen LogP contribution in [0.5, 0.6) is 0 Å². The van der Waals surface area contributed by atoms with Crippen molar-refractivity contribution in [1.82, 2.24) is 4.48 Å². The van der Waals surface area contributed by atoms with Gasteiger partial charge in [0.2, 0.25) is 0 Å². The van der Waals surface area contributed by atoms with Crippen molar-refractivity contribution in [3.8, 4) is 22.4 Å². The molecule has 0 fully saturated rings. The summed E-state index contributed by atoms with van der Waals surface area (Å²) in [5.41, 5.74) is 26.7. The van der Waals surface area contributed by atoms with Crippen LogP contribution >= 0.6 is 0 Å². The highest BCUT2D eigenvalue weighted by molar-refractivity contribution is 6.40. The molecule has 0 spiro atoms. The van der Waals surface area contributed by atoms with Gasteiger partial charge in [-0.2, -0.15) is 0 Å². The van der Waals surface area contributed by atoms with Crippen molar-refractivity contribution in [2.75, 3.05) is 0 Å². The molecule has 1 aromatic heterocycles. The minimum atomic E-state index is 0.0438. The van der Waals surface area contributed by atoms with Crippen molar-refractivity contribution in [3.05, 3.63) is 231 Å². The van der Waals surface area contributed by atoms with Crippen LogP contribution in [0.4, 0.5) is 0 Å². The third kappa shape index (κ3) is 6.65. The Bertz CT molecular complexity index is 3700. The second-order valence-corrected chi connectivity index (χ2v) is 22.3. The molecule has 1 nitrogen and oxygen atoms in total. The van der Waals surface area contributed by atoms with E-state index in [0.29, 0.717) is 0 Å². The van der Waals surface area contributed by atoms with E-state index in [-0.39, 0.29) is 10.8 Å². The number of hydrogen-bond acceptors (Lipinski definition) is 0. The second kappa shape index (κ2) is 15.8. The predicted octanol–water partition coefficient (Wildman–Crippen LogP) is 17.3. The largest absolute Gasteiger partial charge is 0.389 e. The molecule has 69 heavy (non-hydrogen) atoms. The SMILES string of the molecule is CC(C)(C)c1ccc(C2=C3CCCc4c(ccc5ccccc45)C3=C3C[B]n4c(c(-c5ccc(C(C)(C)C)cc5)c5c4-c4ccc6ccccc6c4CCC5)C(c4cccc5ccccc45)=C32)cc1. The Morgan fingerprint density at radius 3 is 1.54 bits per heavy atom. The van der Waals surface area contributed by atoms with Crippen LogP contribution in [0.2, 0.25) is 6.32 Å². The van der Waals surface area contributed by atoms with Crippen LogP contribution in [0.1, 0.15) is 111 Å². The van der Waals surface area contributed by atoms with Gasteiger partial charge in [0.1, 0.15) is 0 Å². The van der Waals surface area contributed by atoms with Crippen molar-refractivity contribution >= 4 is 56.5 Å². The van der Waals surface area contributed by atoms with Gasteiger partial charge in [0, 0.05) is 28.1 Å². The summed E-state index contributed by atoms with van der Waals surface area (Å²) in [6.07, 6.45) is 7.19. The van der Waals surface area contributed by atoms with E-state index in [1.165, 1.54) is 138 Å². The van der Waals surface area contributed by atoms with Crippen molar-refractivity contribution in [1.29, 1.82) is 0 Å². The molecule has 0 unspecified atom stereocenters. The molecular formula is C67H59BN. The molecule has 0 N–H and O–H groups in total. The second-order valence-electron chi connectivity index (χ2n) is 22.3. The molecule has 0 amide bonds. The van der Waals surface area contributed by atoms with Gasteiger partial charge in [-0.3, -0.25) is 0 Å². The Hall–Kier alpha value is -6.90. The molecule has 1 aliphatic heterocycles. The lowest BCUT2D eigenvalue weighted by Gasteiger charge is -2.23. The summed E-state index contributed by atoms with van der Waals surface area (Å²) in [7, 11) is 2.61. The smallest absolute Gasteiger partial charge is 0.257 e. The number of aryl methyl sites for hydroxylation is 2. The summed E-state index contributed by atoms with van der Waals surface area (Å²) >= 11 is 0. The van der Waals surface area contributed by atoms with E-state index in [1.807, 2.05) is 0 Å². The molecule has 2 heterocycles. The molecule has 0 saturated carbocycles. The van der Waals surface area contributed by atoms with Crippen LogP contribution in [-0.4, -0.2) is 11.9 Å². The van der Waals surface area contributed by atoms with Gasteiger partial charge >= 0.3 is 0 Å². The topological polar surface area (TPSA) is 4.93 Å². The van der Waals surface area contributed by atoms with Gasteiger partial charge in [0.05, 0.1) is 0 Å². The first kappa shape index (κ1) is 42.2. The molecule has 1 radical (unpaired) electrons. The molecule has 4 aliphatic rings. The standard InChI is InChI=1S/C67H59BN/c1-66(2,3)46-34-28-44(29-35-46)59-56-26-14-23-51-48-20-10-8-17-42(48)32-38-54(51)61(56)58-40-68-69-64-55-39-33-43-18-9-11-21-49(43)52(55)24-15-27-57(64)60(45-30-36-47(37-31-45)67(4,5)6)65(69)63(62(58)59)53-25-13-19-41-16-7-12-22-50(41)53/h7-13,16-22,25,28-39H,14-15,23-24,26-27,40H2,1-6H3. The predicted molar refractivity (Wildman–Crippen MR) is 295 cm³/mol. The van der Waals surface area contributed by atoms with Gasteiger partial charge in [0.15, 0.2) is 0 Å². The number of rotatable bonds is 3. The number of benzene rings is 8. The van der Waals surface area contributed by atoms with E-state index in [4.69, 9.17) is 0 Å². The quantitative estimate of drug-likeness (QED) is 0.156. The van der Waals surface area contributed by atoms with Crippen LogP contribution in [0.3, 0.4) is 0 Å². The van der Waals surface area contributed by atoms with Gasteiger partial charge in [-0.05, 0) is 166 Å². The number of allylic oxidation sites excluding steroid dienone is 5. The minimum absolute atomic E-state index is 0.0438. The van der Waals surface area contributed by atoms with Crippen molar-refractivity contribution < 1.29 is 0 Å². The Morgan fingerprint density at radius 1 is 0.377 bits per heavy atom. The van der Waals surface area contributed by atoms with Gasteiger partial charge in [0.25, 0.3) is 7.41 Å². The molecule has 335 valence electrons. The Morgan fingerprint density at radius 2 is 0.899 bits per heavy atom. The van der Waals surface area contributed by atoms with Crippen molar-refractivity contribution in [2.45, 2.75) is 97.2 Å². The number of hydrogen-bond donors (Lipinski definition) is 0. The summed E-state index contributed by atoms with van der Waals surface area (Å²) in [4.78, 5) is 0. The maximum absolute atomic E-state index is 2.72. The molecule has 0 atom stereocenters. The van der Waals surface area contributed by atoms with Crippen molar-refractivity contribution in [2.24, 2.45) is 0 Å². The monoisotopic (exact) mass is 888 g/mol. The van der Waals surface area contributed by atoms with Gasteiger partial charge in [-0.1, -0.05) is 205 Å². The van der Waals surface area contributed by atoms with E-state index in [0.717, 1.165) is 44.8 Å². The zero-order valence-corrected chi connectivity index (χ0v) is 41.1. The van der Waals surface area contributed by atoms with Crippen LogP contribution < -0.4 is 0 Å². The fourth-order valence-corrected chi connectivity index (χ4v) is 12.9. The number of fused-ring (bicyclic) bond motifs is 14. The fraction of sp³-hybridized carbons (Fsp3) is 0.224. The average Bonchev–Trinajstić information content (AvgIpc) is 3.55. The van der Waals surface area contributed by atoms with Gasteiger partial charge in [-0.25, -0.2) is 0 Å². The Labute approximate surface area is 409 Å². The Kier molecular flexibility index (Phi) is 9.68. The number of aromatic nitrogens is 1. The van der Waals surface area contributed by atoms with E-state index in [2.05, 4.69) is 217 Å². The summed E-state index contributed by atoms with van der Waals surface area (Å²) < 4.78 is 2.72. The third-order valence-corrected chi connectivity index (χ3v) is 16.2. The highest BCUT2D eigenvalue weighted by atomic mass is 14.9. The molecule has 3 aliphatic carbocycles. The zero-order chi connectivity index (χ0) is 46.8. The molecule has 9 aromatic rings. The molecule has 13 rings (SSSR count). The highest BCUT2D eigenvalue weighted by Gasteiger charge is 2.41. The lowest BCUT2D eigenvalue weighted by atomic mass is 9.77. The first-order chi connectivity index (χ1) is 33.5. The highest BCUT2D eigenvalue weighted by Crippen LogP contribution is 2.59. The molecule has 2 heteroatoms. The van der Waals surface area contributed by atoms with Crippen LogP contribution in [0.15, 0.2) is 181 Å². The molecule has 0 bridgehead atoms. The summed E-state index contributed by atoms with van der Waals surface area (Å²) in [5, 5.41) is 7.99. The first-order valence-corrected chi connectivity index (χ1v) is 25.6. The van der Waals surface area contributed by atoms with E-state index >= 15 is 0 Å². The maximum Gasteiger partial charge on any atom is 0.257 e. The number of nitrogens with zero attached hydrogens (tertiary/aromatic N) is 1. The normalized spacial score (nSPS) is 15.8.